The van der Waals surface area contributed by atoms with Crippen molar-refractivity contribution in [2.45, 2.75) is 31.8 Å². The third-order valence-corrected chi connectivity index (χ3v) is 3.59. The molecule has 2 fully saturated rings. The normalized spacial score (nSPS) is 29.7. The van der Waals surface area contributed by atoms with E-state index in [-0.39, 0.29) is 11.8 Å². The van der Waals surface area contributed by atoms with E-state index in [0.717, 1.165) is 32.4 Å². The summed E-state index contributed by atoms with van der Waals surface area (Å²) in [6.07, 6.45) is 2.81. The quantitative estimate of drug-likeness (QED) is 0.676. The third kappa shape index (κ3) is 2.16. The van der Waals surface area contributed by atoms with Gasteiger partial charge in [0.25, 0.3) is 0 Å². The number of hydrogen-bond donors (Lipinski definition) is 2. The molecule has 0 spiro atoms. The van der Waals surface area contributed by atoms with Gasteiger partial charge in [0.1, 0.15) is 0 Å². The van der Waals surface area contributed by atoms with Gasteiger partial charge in [-0.15, -0.1) is 0 Å². The number of rotatable bonds is 2. The summed E-state index contributed by atoms with van der Waals surface area (Å²) in [6.45, 7) is 4.85. The maximum atomic E-state index is 12.0. The van der Waals surface area contributed by atoms with E-state index in [9.17, 15) is 9.90 Å². The van der Waals surface area contributed by atoms with Crippen molar-refractivity contribution in [1.29, 1.82) is 0 Å². The molecule has 1 amide bonds. The molecule has 4 nitrogen and oxygen atoms in total. The number of carbonyl (C=O) groups is 1. The van der Waals surface area contributed by atoms with E-state index in [0.29, 0.717) is 13.1 Å². The number of nitrogens with one attached hydrogen (secondary N) is 1. The molecule has 2 aliphatic rings. The van der Waals surface area contributed by atoms with Gasteiger partial charge >= 0.3 is 0 Å². The first-order valence-corrected chi connectivity index (χ1v) is 5.86. The minimum absolute atomic E-state index is 0.139. The number of likely N-dealkylation sites (tertiary alicyclic amines) is 1. The number of β-amino-alcohol motifs (C(OH)–C–C–N with tert-alkyl or cyclic N) is 1. The molecule has 86 valence electrons. The molecule has 2 saturated heterocycles. The molecule has 2 N–H and O–H groups in total. The zero-order valence-corrected chi connectivity index (χ0v) is 9.33. The fourth-order valence-corrected chi connectivity index (χ4v) is 2.36. The lowest BCUT2D eigenvalue weighted by Gasteiger charge is -2.47. The number of piperidine rings is 1. The van der Waals surface area contributed by atoms with E-state index in [1.165, 1.54) is 0 Å². The minimum atomic E-state index is -0.599. The Hall–Kier alpha value is -0.610. The lowest BCUT2D eigenvalue weighted by molar-refractivity contribution is -0.160. The van der Waals surface area contributed by atoms with Crippen LogP contribution in [-0.4, -0.2) is 47.7 Å². The van der Waals surface area contributed by atoms with Crippen LogP contribution in [0.5, 0.6) is 0 Å². The average molecular weight is 212 g/mol. The second kappa shape index (κ2) is 4.10. The largest absolute Gasteiger partial charge is 0.386 e. The lowest BCUT2D eigenvalue weighted by atomic mass is 9.88. The number of aliphatic hydroxyl groups is 1. The van der Waals surface area contributed by atoms with E-state index < -0.39 is 5.60 Å². The number of nitrogens with zero attached hydrogens (tertiary/aromatic N) is 1. The molecule has 2 aliphatic heterocycles. The van der Waals surface area contributed by atoms with Gasteiger partial charge in [-0.25, -0.2) is 0 Å². The summed E-state index contributed by atoms with van der Waals surface area (Å²) in [7, 11) is 0. The molecule has 0 saturated carbocycles. The molecule has 0 radical (unpaired) electrons. The number of carbonyl (C=O) groups excluding carboxylic acids is 1. The molecule has 0 bridgehead atoms. The van der Waals surface area contributed by atoms with Crippen molar-refractivity contribution in [3.05, 3.63) is 0 Å². The molecule has 1 unspecified atom stereocenters. The van der Waals surface area contributed by atoms with E-state index >= 15 is 0 Å². The monoisotopic (exact) mass is 212 g/mol. The number of hydrogen-bond acceptors (Lipinski definition) is 3. The maximum absolute atomic E-state index is 12.0. The third-order valence-electron chi connectivity index (χ3n) is 3.59. The van der Waals surface area contributed by atoms with Crippen LogP contribution in [0.4, 0.5) is 0 Å². The molecular formula is C11H20N2O2. The molecule has 2 heterocycles. The van der Waals surface area contributed by atoms with Crippen LogP contribution < -0.4 is 5.32 Å². The SMILES string of the molecule is CCC1(O)CN(C(=O)C2CCCNC2)C1. The summed E-state index contributed by atoms with van der Waals surface area (Å²) in [5, 5.41) is 13.1. The van der Waals surface area contributed by atoms with Gasteiger partial charge in [-0.05, 0) is 25.8 Å². The topological polar surface area (TPSA) is 52.6 Å². The van der Waals surface area contributed by atoms with Gasteiger partial charge in [-0.2, -0.15) is 0 Å². The van der Waals surface area contributed by atoms with E-state index in [4.69, 9.17) is 0 Å². The molecule has 0 aromatic rings. The summed E-state index contributed by atoms with van der Waals surface area (Å²) in [5.41, 5.74) is -0.599. The molecule has 1 atom stereocenters. The van der Waals surface area contributed by atoms with Crippen molar-refractivity contribution in [3.8, 4) is 0 Å². The highest BCUT2D eigenvalue weighted by molar-refractivity contribution is 5.80. The second-order valence-electron chi connectivity index (χ2n) is 4.82. The van der Waals surface area contributed by atoms with Gasteiger partial charge in [0.2, 0.25) is 5.91 Å². The molecule has 0 aromatic carbocycles. The lowest BCUT2D eigenvalue weighted by Crippen LogP contribution is -2.64. The van der Waals surface area contributed by atoms with Gasteiger partial charge < -0.3 is 15.3 Å². The molecule has 15 heavy (non-hydrogen) atoms. The second-order valence-corrected chi connectivity index (χ2v) is 4.82. The highest BCUT2D eigenvalue weighted by Crippen LogP contribution is 2.26. The van der Waals surface area contributed by atoms with Crippen molar-refractivity contribution in [3.63, 3.8) is 0 Å². The van der Waals surface area contributed by atoms with Crippen molar-refractivity contribution >= 4 is 5.91 Å². The Kier molecular flexibility index (Phi) is 2.98. The average Bonchev–Trinajstić information content (AvgIpc) is 2.25. The smallest absolute Gasteiger partial charge is 0.227 e. The molecule has 0 aliphatic carbocycles. The molecule has 4 heteroatoms. The van der Waals surface area contributed by atoms with Gasteiger partial charge in [0, 0.05) is 6.54 Å². The van der Waals surface area contributed by atoms with Crippen molar-refractivity contribution in [2.75, 3.05) is 26.2 Å². The van der Waals surface area contributed by atoms with Crippen LogP contribution >= 0.6 is 0 Å². The fraction of sp³-hybridized carbons (Fsp3) is 0.909. The van der Waals surface area contributed by atoms with Gasteiger partial charge in [0.15, 0.2) is 0 Å². The summed E-state index contributed by atoms with van der Waals surface area (Å²) >= 11 is 0. The van der Waals surface area contributed by atoms with Crippen LogP contribution in [-0.2, 0) is 4.79 Å². The van der Waals surface area contributed by atoms with Crippen molar-refractivity contribution < 1.29 is 9.90 Å². The highest BCUT2D eigenvalue weighted by atomic mass is 16.3. The Labute approximate surface area is 90.6 Å². The van der Waals surface area contributed by atoms with Crippen LogP contribution in [0.2, 0.25) is 0 Å². The van der Waals surface area contributed by atoms with Crippen LogP contribution in [0.1, 0.15) is 26.2 Å². The maximum Gasteiger partial charge on any atom is 0.227 e. The first-order chi connectivity index (χ1) is 7.14. The first kappa shape index (κ1) is 10.9. The Morgan fingerprint density at radius 1 is 1.60 bits per heavy atom. The van der Waals surface area contributed by atoms with Crippen LogP contribution in [0.3, 0.4) is 0 Å². The summed E-state index contributed by atoms with van der Waals surface area (Å²) < 4.78 is 0. The Bertz CT molecular complexity index is 243. The van der Waals surface area contributed by atoms with Crippen LogP contribution in [0.15, 0.2) is 0 Å². The van der Waals surface area contributed by atoms with Gasteiger partial charge in [-0.3, -0.25) is 4.79 Å². The zero-order valence-electron chi connectivity index (χ0n) is 9.33. The van der Waals surface area contributed by atoms with Crippen LogP contribution in [0, 0.1) is 5.92 Å². The van der Waals surface area contributed by atoms with Crippen molar-refractivity contribution in [1.82, 2.24) is 10.2 Å². The fourth-order valence-electron chi connectivity index (χ4n) is 2.36. The highest BCUT2D eigenvalue weighted by Gasteiger charge is 2.43. The van der Waals surface area contributed by atoms with Gasteiger partial charge in [-0.1, -0.05) is 6.92 Å². The number of amides is 1. The minimum Gasteiger partial charge on any atom is -0.386 e. The predicted molar refractivity (Wildman–Crippen MR) is 57.4 cm³/mol. The zero-order chi connectivity index (χ0) is 10.9. The molecule has 0 aromatic heterocycles. The standard InChI is InChI=1S/C11H20N2O2/c1-2-11(15)7-13(8-11)10(14)9-4-3-5-12-6-9/h9,12,15H,2-8H2,1H3. The van der Waals surface area contributed by atoms with E-state index in [1.54, 1.807) is 4.90 Å². The first-order valence-electron chi connectivity index (χ1n) is 5.86. The summed E-state index contributed by atoms with van der Waals surface area (Å²) in [6, 6.07) is 0. The van der Waals surface area contributed by atoms with Crippen molar-refractivity contribution in [2.24, 2.45) is 5.92 Å². The Balaban J connectivity index is 1.83. The Morgan fingerprint density at radius 2 is 2.33 bits per heavy atom. The molecular weight excluding hydrogens is 192 g/mol. The summed E-state index contributed by atoms with van der Waals surface area (Å²) in [5.74, 6) is 0.362. The van der Waals surface area contributed by atoms with E-state index in [2.05, 4.69) is 5.32 Å². The van der Waals surface area contributed by atoms with E-state index in [1.807, 2.05) is 6.92 Å². The Morgan fingerprint density at radius 3 is 2.87 bits per heavy atom. The molecule has 2 rings (SSSR count). The predicted octanol–water partition coefficient (Wildman–Crippen LogP) is -0.0307. The van der Waals surface area contributed by atoms with Gasteiger partial charge in [0.05, 0.1) is 24.6 Å². The van der Waals surface area contributed by atoms with Crippen LogP contribution in [0.25, 0.3) is 0 Å². The summed E-state index contributed by atoms with van der Waals surface area (Å²) in [4.78, 5) is 13.8.